The van der Waals surface area contributed by atoms with Crippen LogP contribution in [0.1, 0.15) is 116 Å². The van der Waals surface area contributed by atoms with Gasteiger partial charge in [-0.3, -0.25) is 48.1 Å². The second-order valence-corrected chi connectivity index (χ2v) is 23.0. The van der Waals surface area contributed by atoms with Gasteiger partial charge >= 0.3 is 5.97 Å². The average Bonchev–Trinajstić information content (AvgIpc) is 2.66. The van der Waals surface area contributed by atoms with E-state index in [-0.39, 0.29) is 75.8 Å². The van der Waals surface area contributed by atoms with E-state index in [1.165, 1.54) is 22.3 Å². The van der Waals surface area contributed by atoms with Crippen molar-refractivity contribution in [2.24, 2.45) is 34.0 Å². The van der Waals surface area contributed by atoms with E-state index in [0.29, 0.717) is 49.0 Å². The van der Waals surface area contributed by atoms with Crippen LogP contribution in [-0.4, -0.2) is 182 Å². The van der Waals surface area contributed by atoms with E-state index in [1.54, 1.807) is 74.5 Å². The van der Waals surface area contributed by atoms with E-state index < -0.39 is 126 Å². The Balaban J connectivity index is 1.31. The zero-order chi connectivity index (χ0) is 63.7. The smallest absolute Gasteiger partial charge is 0.326 e. The number of carboxylic acids is 1. The number of amides is 9. The number of hydrogen-bond acceptors (Lipinski definition) is 14. The molecule has 3 aromatic rings. The highest BCUT2D eigenvalue weighted by atomic mass is 16.4. The van der Waals surface area contributed by atoms with Crippen LogP contribution in [0.3, 0.4) is 0 Å². The number of nitrogens with one attached hydrogen (secondary N) is 8. The van der Waals surface area contributed by atoms with Gasteiger partial charge in [0.15, 0.2) is 5.96 Å². The number of guanidine groups is 1. The van der Waals surface area contributed by atoms with Gasteiger partial charge in [0, 0.05) is 50.8 Å². The summed E-state index contributed by atoms with van der Waals surface area (Å²) in [4.78, 5) is 153. The predicted molar refractivity (Wildman–Crippen MR) is 322 cm³/mol. The number of nitrogens with two attached hydrogens (primary N) is 3. The van der Waals surface area contributed by atoms with Crippen LogP contribution in [0.2, 0.25) is 0 Å². The summed E-state index contributed by atoms with van der Waals surface area (Å²) in [7, 11) is 0. The normalized spacial score (nSPS) is 17.5. The molecule has 0 bridgehead atoms. The first-order valence-electron chi connectivity index (χ1n) is 29.9. The fourth-order valence-corrected chi connectivity index (χ4v) is 10.5. The highest BCUT2D eigenvalue weighted by Gasteiger charge is 2.42. The van der Waals surface area contributed by atoms with E-state index in [1.807, 2.05) is 20.8 Å². The predicted octanol–water partition coefficient (Wildman–Crippen LogP) is -0.837. The molecule has 87 heavy (non-hydrogen) atoms. The number of aliphatic carboxylic acids is 1. The zero-order valence-electron chi connectivity index (χ0n) is 50.4. The molecule has 1 aromatic heterocycles. The highest BCUT2D eigenvalue weighted by Crippen LogP contribution is 2.23. The molecule has 0 saturated carbocycles. The van der Waals surface area contributed by atoms with Crippen LogP contribution < -0.4 is 54.4 Å². The summed E-state index contributed by atoms with van der Waals surface area (Å²) >= 11 is 0. The Hall–Kier alpha value is -8.46. The molecule has 0 aliphatic carbocycles. The fraction of sp³-hybridized carbons (Fsp3) is 0.567. The number of carbonyl (C=O) groups is 10. The van der Waals surface area contributed by atoms with E-state index in [9.17, 15) is 58.2 Å². The largest absolute Gasteiger partial charge is 0.480 e. The van der Waals surface area contributed by atoms with Crippen LogP contribution in [0.15, 0.2) is 78.2 Å². The van der Waals surface area contributed by atoms with Gasteiger partial charge in [0.05, 0.1) is 19.0 Å². The minimum absolute atomic E-state index is 0.0121. The molecule has 27 heteroatoms. The lowest BCUT2D eigenvalue weighted by atomic mass is 10.00. The number of aromatic nitrogens is 2. The molecule has 9 amide bonds. The highest BCUT2D eigenvalue weighted by molar-refractivity contribution is 5.99. The van der Waals surface area contributed by atoms with E-state index in [4.69, 9.17) is 17.2 Å². The molecule has 3 heterocycles. The minimum atomic E-state index is -1.72. The molecule has 0 radical (unpaired) electrons. The number of aromatic amines is 1. The van der Waals surface area contributed by atoms with Gasteiger partial charge in [-0.05, 0) is 74.3 Å². The Bertz CT molecular complexity index is 2800. The van der Waals surface area contributed by atoms with Crippen LogP contribution in [0.4, 0.5) is 0 Å². The number of carbonyl (C=O) groups excluding carboxylic acids is 9. The van der Waals surface area contributed by atoms with Gasteiger partial charge in [-0.15, -0.1) is 0 Å². The monoisotopic (exact) mass is 1210 g/mol. The minimum Gasteiger partial charge on any atom is -0.480 e. The molecule has 2 saturated heterocycles. The van der Waals surface area contributed by atoms with Crippen LogP contribution in [0.5, 0.6) is 0 Å². The maximum absolute atomic E-state index is 14.6. The summed E-state index contributed by atoms with van der Waals surface area (Å²) in [5.74, 6) is -8.77. The van der Waals surface area contributed by atoms with Gasteiger partial charge < -0.3 is 79.4 Å². The van der Waals surface area contributed by atoms with E-state index in [0.717, 1.165) is 12.8 Å². The van der Waals surface area contributed by atoms with Crippen LogP contribution in [-0.2, 0) is 67.2 Å². The van der Waals surface area contributed by atoms with Crippen molar-refractivity contribution < 1.29 is 58.2 Å². The molecule has 0 unspecified atom stereocenters. The number of rotatable bonds is 34. The molecule has 2 fully saturated rings. The quantitative estimate of drug-likeness (QED) is 0.0197. The van der Waals surface area contributed by atoms with Crippen molar-refractivity contribution in [2.45, 2.75) is 179 Å². The van der Waals surface area contributed by atoms with Crippen molar-refractivity contribution in [2.75, 3.05) is 26.2 Å². The Morgan fingerprint density at radius 3 is 1.64 bits per heavy atom. The van der Waals surface area contributed by atoms with Crippen molar-refractivity contribution in [1.82, 2.24) is 57.0 Å². The van der Waals surface area contributed by atoms with Gasteiger partial charge in [0.25, 0.3) is 0 Å². The number of imidazole rings is 1. The summed E-state index contributed by atoms with van der Waals surface area (Å²) in [6.07, 6.45) is 6.22. The van der Waals surface area contributed by atoms with Crippen LogP contribution in [0.25, 0.3) is 0 Å². The van der Waals surface area contributed by atoms with Crippen LogP contribution in [0, 0.1) is 11.8 Å². The number of aliphatic hydroxyl groups is 1. The van der Waals surface area contributed by atoms with E-state index >= 15 is 0 Å². The van der Waals surface area contributed by atoms with Crippen molar-refractivity contribution in [3.63, 3.8) is 0 Å². The lowest BCUT2D eigenvalue weighted by Gasteiger charge is -2.32. The molecular formula is C60H89N15O12. The molecule has 27 nitrogen and oxygen atoms in total. The summed E-state index contributed by atoms with van der Waals surface area (Å²) in [6, 6.07) is 5.15. The van der Waals surface area contributed by atoms with Crippen molar-refractivity contribution in [1.29, 1.82) is 0 Å². The zero-order valence-corrected chi connectivity index (χ0v) is 50.4. The first-order valence-corrected chi connectivity index (χ1v) is 29.9. The maximum Gasteiger partial charge on any atom is 0.326 e. The second-order valence-electron chi connectivity index (χ2n) is 23.0. The average molecular weight is 1210 g/mol. The molecule has 2 aliphatic heterocycles. The SMILES string of the molecule is CCCC[C@H](N)C(=O)N1CCC[C@H]1C(=O)N[C@@H](CC(C)C)C(=O)N[C@@H](Cc1cnc[nH]1)C(=O)N[C@@H](CO)C(=O)N[C@@H](CCCN=C(N)N)C(=O)N[C@H](C(=O)N1CCC[C@H]1C(=O)N[C@@H](Cc1ccccc1)C(=O)N[C@@H](Cc1ccccc1)C(=O)O)C(C)C. The lowest BCUT2D eigenvalue weighted by molar-refractivity contribution is -0.144. The molecule has 2 aliphatic rings. The van der Waals surface area contributed by atoms with Gasteiger partial charge in [-0.2, -0.15) is 0 Å². The molecule has 0 spiro atoms. The van der Waals surface area contributed by atoms with Crippen molar-refractivity contribution in [3.8, 4) is 0 Å². The van der Waals surface area contributed by atoms with Gasteiger partial charge in [-0.25, -0.2) is 9.78 Å². The summed E-state index contributed by atoms with van der Waals surface area (Å²) < 4.78 is 0. The summed E-state index contributed by atoms with van der Waals surface area (Å²) in [5.41, 5.74) is 19.1. The van der Waals surface area contributed by atoms with Crippen molar-refractivity contribution >= 4 is 65.1 Å². The topological polar surface area (TPSA) is 421 Å². The Morgan fingerprint density at radius 2 is 1.13 bits per heavy atom. The first-order chi connectivity index (χ1) is 41.5. The third-order valence-electron chi connectivity index (χ3n) is 15.3. The van der Waals surface area contributed by atoms with Crippen molar-refractivity contribution in [3.05, 3.63) is 90.0 Å². The molecule has 10 atom stereocenters. The number of aliphatic imine (C=N–C) groups is 1. The molecular weight excluding hydrogens is 1120 g/mol. The van der Waals surface area contributed by atoms with Gasteiger partial charge in [0.1, 0.15) is 54.4 Å². The number of nitrogens with zero attached hydrogens (tertiary/aromatic N) is 4. The number of H-pyrrole nitrogens is 1. The molecule has 5 rings (SSSR count). The number of aliphatic hydroxyl groups excluding tert-OH is 1. The third kappa shape index (κ3) is 21.5. The van der Waals surface area contributed by atoms with Gasteiger partial charge in [0.2, 0.25) is 53.2 Å². The number of hydrogen-bond donors (Lipinski definition) is 13. The van der Waals surface area contributed by atoms with E-state index in [2.05, 4.69) is 52.2 Å². The summed E-state index contributed by atoms with van der Waals surface area (Å²) in [5, 5.41) is 39.4. The fourth-order valence-electron chi connectivity index (χ4n) is 10.5. The Kier molecular flexibility index (Phi) is 27.6. The number of likely N-dealkylation sites (tertiary alicyclic amines) is 2. The molecule has 16 N–H and O–H groups in total. The number of carboxylic acid groups (broad SMARTS) is 1. The number of benzene rings is 2. The Morgan fingerprint density at radius 1 is 0.632 bits per heavy atom. The lowest BCUT2D eigenvalue weighted by Crippen LogP contribution is -2.61. The second kappa shape index (κ2) is 34.6. The maximum atomic E-state index is 14.6. The molecule has 2 aromatic carbocycles. The van der Waals surface area contributed by atoms with Gasteiger partial charge in [-0.1, -0.05) is 108 Å². The van der Waals surface area contributed by atoms with Crippen LogP contribution >= 0.6 is 0 Å². The number of unbranched alkanes of at least 4 members (excludes halogenated alkanes) is 1. The Labute approximate surface area is 507 Å². The first kappa shape index (κ1) is 69.3. The standard InChI is InChI=1S/C60H89N15O12/c1-6-7-21-40(61)57(84)74-26-15-23-47(74)55(82)69-42(28-35(2)3)51(78)68-44(31-39-32-64-34-66-39)53(80)72-46(33-76)54(81)67-41(22-14-25-65-60(62)63)50(77)73-49(36(4)5)58(85)75-27-16-24-48(75)56(83)70-43(29-37-17-10-8-11-18-37)52(79)71-45(59(86)87)30-38-19-12-9-13-20-38/h8-13,17-20,32,34-36,40-49,76H,6-7,14-16,21-31,33,61H2,1-5H3,(H,64,66)(H,67,81)(H,68,78)(H,69,82)(H,70,83)(H,71,79)(H,72,80)(H,73,77)(H,86,87)(H4,62,63,65)/t40-,41-,42-,43-,44-,45-,46-,47-,48-,49-/m0/s1. The summed E-state index contributed by atoms with van der Waals surface area (Å²) in [6.45, 7) is 8.46. The molecule has 476 valence electrons. The third-order valence-corrected chi connectivity index (χ3v) is 15.3.